The van der Waals surface area contributed by atoms with Crippen LogP contribution >= 0.6 is 15.9 Å². The van der Waals surface area contributed by atoms with Crippen molar-refractivity contribution in [2.24, 2.45) is 5.41 Å². The molecule has 0 bridgehead atoms. The van der Waals surface area contributed by atoms with Crippen LogP contribution in [0.25, 0.3) is 0 Å². The van der Waals surface area contributed by atoms with Gasteiger partial charge in [-0.25, -0.2) is 9.97 Å². The van der Waals surface area contributed by atoms with Crippen LogP contribution in [0, 0.1) is 5.41 Å². The fourth-order valence-electron chi connectivity index (χ4n) is 4.89. The van der Waals surface area contributed by atoms with E-state index >= 15 is 0 Å². The summed E-state index contributed by atoms with van der Waals surface area (Å²) >= 11 is 3.42. The number of nitrogens with zero attached hydrogens (tertiary/aromatic N) is 4. The topological polar surface area (TPSA) is 52.5 Å². The molecule has 2 saturated heterocycles. The van der Waals surface area contributed by atoms with E-state index in [1.807, 2.05) is 12.4 Å². The molecule has 5 nitrogen and oxygen atoms in total. The van der Waals surface area contributed by atoms with Gasteiger partial charge in [0.1, 0.15) is 0 Å². The van der Waals surface area contributed by atoms with E-state index in [1.54, 1.807) is 0 Å². The zero-order chi connectivity index (χ0) is 16.6. The van der Waals surface area contributed by atoms with Crippen LogP contribution in [0.15, 0.2) is 16.9 Å². The van der Waals surface area contributed by atoms with E-state index in [1.165, 1.54) is 32.4 Å². The Morgan fingerprint density at radius 2 is 1.79 bits per heavy atom. The fourth-order valence-corrected chi connectivity index (χ4v) is 5.09. The third kappa shape index (κ3) is 3.46. The van der Waals surface area contributed by atoms with Crippen molar-refractivity contribution in [3.8, 4) is 0 Å². The summed E-state index contributed by atoms with van der Waals surface area (Å²) in [7, 11) is 0. The molecule has 1 atom stereocenters. The SMILES string of the molecule is O[C@H]1CC[C@H](N2CC[C@]3(CCCN(c4ncc(Br)cn4)C3)C2)CC1. The lowest BCUT2D eigenvalue weighted by molar-refractivity contribution is 0.0770. The minimum atomic E-state index is -0.0578. The predicted molar refractivity (Wildman–Crippen MR) is 98.1 cm³/mol. The highest BCUT2D eigenvalue weighted by molar-refractivity contribution is 9.10. The number of aromatic nitrogens is 2. The van der Waals surface area contributed by atoms with E-state index in [9.17, 15) is 5.11 Å². The van der Waals surface area contributed by atoms with Crippen molar-refractivity contribution < 1.29 is 5.11 Å². The maximum atomic E-state index is 9.75. The van der Waals surface area contributed by atoms with Crippen LogP contribution in [0.5, 0.6) is 0 Å². The van der Waals surface area contributed by atoms with Gasteiger partial charge in [-0.3, -0.25) is 4.90 Å². The molecule has 0 aromatic carbocycles. The minimum Gasteiger partial charge on any atom is -0.393 e. The van der Waals surface area contributed by atoms with Gasteiger partial charge in [-0.15, -0.1) is 0 Å². The second kappa shape index (κ2) is 6.89. The Kier molecular flexibility index (Phi) is 4.80. The number of aliphatic hydroxyl groups is 1. The van der Waals surface area contributed by atoms with E-state index in [2.05, 4.69) is 35.7 Å². The Bertz CT molecular complexity index is 561. The second-order valence-corrected chi connectivity index (χ2v) is 8.82. The molecule has 1 saturated carbocycles. The van der Waals surface area contributed by atoms with Gasteiger partial charge in [0.25, 0.3) is 0 Å². The molecule has 3 aliphatic rings. The summed E-state index contributed by atoms with van der Waals surface area (Å²) < 4.78 is 0.935. The third-order valence-electron chi connectivity index (χ3n) is 6.20. The molecule has 4 rings (SSSR count). The van der Waals surface area contributed by atoms with Crippen LogP contribution in [0.4, 0.5) is 5.95 Å². The first kappa shape index (κ1) is 16.7. The molecule has 0 amide bonds. The van der Waals surface area contributed by atoms with Crippen LogP contribution in [-0.2, 0) is 0 Å². The van der Waals surface area contributed by atoms with Crippen molar-refractivity contribution in [2.75, 3.05) is 31.1 Å². The Balaban J connectivity index is 1.41. The maximum Gasteiger partial charge on any atom is 0.225 e. The lowest BCUT2D eigenvalue weighted by Gasteiger charge is -2.41. The third-order valence-corrected chi connectivity index (χ3v) is 6.61. The number of likely N-dealkylation sites (tertiary alicyclic amines) is 1. The standard InChI is InChI=1S/C18H27BrN4O/c19-14-10-20-17(21-11-14)23-8-1-6-18(13-23)7-9-22(12-18)15-2-4-16(24)5-3-15/h10-11,15-16,24H,1-9,12-13H2/t15-,16-,18-/m1/s1. The molecule has 2 aliphatic heterocycles. The normalized spacial score (nSPS) is 34.8. The molecule has 3 fully saturated rings. The van der Waals surface area contributed by atoms with Gasteiger partial charge < -0.3 is 10.0 Å². The summed E-state index contributed by atoms with van der Waals surface area (Å²) in [6.07, 6.45) is 11.8. The predicted octanol–water partition coefficient (Wildman–Crippen LogP) is 2.83. The van der Waals surface area contributed by atoms with Crippen LogP contribution < -0.4 is 4.90 Å². The van der Waals surface area contributed by atoms with Gasteiger partial charge in [-0.1, -0.05) is 0 Å². The Morgan fingerprint density at radius 3 is 2.54 bits per heavy atom. The monoisotopic (exact) mass is 394 g/mol. The highest BCUT2D eigenvalue weighted by Crippen LogP contribution is 2.41. The van der Waals surface area contributed by atoms with Gasteiger partial charge in [0.2, 0.25) is 5.95 Å². The van der Waals surface area contributed by atoms with E-state index in [4.69, 9.17) is 0 Å². The van der Waals surface area contributed by atoms with Crippen molar-refractivity contribution in [3.63, 3.8) is 0 Å². The Labute approximate surface area is 152 Å². The molecule has 1 aromatic heterocycles. The molecule has 0 radical (unpaired) electrons. The van der Waals surface area contributed by atoms with Gasteiger partial charge in [0, 0.05) is 43.5 Å². The van der Waals surface area contributed by atoms with E-state index in [0.717, 1.165) is 49.2 Å². The second-order valence-electron chi connectivity index (χ2n) is 7.91. The van der Waals surface area contributed by atoms with E-state index in [0.29, 0.717) is 11.5 Å². The molecule has 1 aromatic rings. The average Bonchev–Trinajstić information content (AvgIpc) is 2.99. The van der Waals surface area contributed by atoms with Crippen molar-refractivity contribution in [1.29, 1.82) is 0 Å². The van der Waals surface area contributed by atoms with Gasteiger partial charge >= 0.3 is 0 Å². The molecule has 1 aliphatic carbocycles. The summed E-state index contributed by atoms with van der Waals surface area (Å²) in [5.74, 6) is 0.872. The molecule has 0 unspecified atom stereocenters. The molecule has 6 heteroatoms. The highest BCUT2D eigenvalue weighted by atomic mass is 79.9. The molecule has 1 N–H and O–H groups in total. The number of hydrogen-bond donors (Lipinski definition) is 1. The number of piperidine rings is 1. The van der Waals surface area contributed by atoms with Crippen molar-refractivity contribution in [1.82, 2.24) is 14.9 Å². The molecule has 3 heterocycles. The van der Waals surface area contributed by atoms with Crippen LogP contribution in [0.1, 0.15) is 44.9 Å². The molecular weight excluding hydrogens is 368 g/mol. The Morgan fingerprint density at radius 1 is 1.04 bits per heavy atom. The minimum absolute atomic E-state index is 0.0578. The van der Waals surface area contributed by atoms with Gasteiger partial charge in [-0.05, 0) is 67.4 Å². The van der Waals surface area contributed by atoms with Crippen LogP contribution in [-0.4, -0.2) is 58.3 Å². The fraction of sp³-hybridized carbons (Fsp3) is 0.778. The lowest BCUT2D eigenvalue weighted by Crippen LogP contribution is -2.47. The number of rotatable bonds is 2. The van der Waals surface area contributed by atoms with Gasteiger partial charge in [0.05, 0.1) is 10.6 Å². The van der Waals surface area contributed by atoms with Gasteiger partial charge in [0.15, 0.2) is 0 Å². The molecule has 132 valence electrons. The maximum absolute atomic E-state index is 9.75. The smallest absolute Gasteiger partial charge is 0.225 e. The summed E-state index contributed by atoms with van der Waals surface area (Å²) in [4.78, 5) is 14.1. The molecular formula is C18H27BrN4O. The van der Waals surface area contributed by atoms with Gasteiger partial charge in [-0.2, -0.15) is 0 Å². The zero-order valence-electron chi connectivity index (χ0n) is 14.2. The summed E-state index contributed by atoms with van der Waals surface area (Å²) in [5, 5.41) is 9.75. The molecule has 1 spiro atoms. The van der Waals surface area contributed by atoms with Crippen molar-refractivity contribution in [3.05, 3.63) is 16.9 Å². The molecule has 24 heavy (non-hydrogen) atoms. The average molecular weight is 395 g/mol. The number of anilines is 1. The van der Waals surface area contributed by atoms with Crippen LogP contribution in [0.3, 0.4) is 0 Å². The van der Waals surface area contributed by atoms with Crippen molar-refractivity contribution >= 4 is 21.9 Å². The highest BCUT2D eigenvalue weighted by Gasteiger charge is 2.43. The summed E-state index contributed by atoms with van der Waals surface area (Å²) in [6.45, 7) is 4.58. The first-order valence-electron chi connectivity index (χ1n) is 9.28. The van der Waals surface area contributed by atoms with E-state index < -0.39 is 0 Å². The zero-order valence-corrected chi connectivity index (χ0v) is 15.8. The lowest BCUT2D eigenvalue weighted by atomic mass is 9.79. The Hall–Kier alpha value is -0.720. The largest absolute Gasteiger partial charge is 0.393 e. The number of hydrogen-bond acceptors (Lipinski definition) is 5. The van der Waals surface area contributed by atoms with Crippen molar-refractivity contribution in [2.45, 2.75) is 57.1 Å². The number of aliphatic hydroxyl groups excluding tert-OH is 1. The quantitative estimate of drug-likeness (QED) is 0.835. The first-order valence-corrected chi connectivity index (χ1v) is 10.1. The summed E-state index contributed by atoms with van der Waals surface area (Å²) in [5.41, 5.74) is 0.407. The first-order chi connectivity index (χ1) is 11.6. The summed E-state index contributed by atoms with van der Waals surface area (Å²) in [6, 6.07) is 0.687. The van der Waals surface area contributed by atoms with Crippen LogP contribution in [0.2, 0.25) is 0 Å². The number of halogens is 1. The van der Waals surface area contributed by atoms with E-state index in [-0.39, 0.29) is 6.10 Å².